The van der Waals surface area contributed by atoms with Crippen LogP contribution in [0.15, 0.2) is 64.2 Å². The summed E-state index contributed by atoms with van der Waals surface area (Å²) in [4.78, 5) is 54.0. The van der Waals surface area contributed by atoms with E-state index in [1.165, 1.54) is 4.90 Å². The Bertz CT molecular complexity index is 1370. The van der Waals surface area contributed by atoms with Crippen molar-refractivity contribution in [2.75, 3.05) is 19.7 Å². The molecular formula is C28H32N4O5. The first-order valence-corrected chi connectivity index (χ1v) is 12.6. The molecule has 0 N–H and O–H groups in total. The van der Waals surface area contributed by atoms with Crippen LogP contribution in [0.1, 0.15) is 61.1 Å². The van der Waals surface area contributed by atoms with Gasteiger partial charge in [-0.25, -0.2) is 4.79 Å². The first-order valence-electron chi connectivity index (χ1n) is 12.6. The van der Waals surface area contributed by atoms with Crippen molar-refractivity contribution in [2.24, 2.45) is 5.92 Å². The van der Waals surface area contributed by atoms with E-state index in [4.69, 9.17) is 4.74 Å². The minimum atomic E-state index is -0.735. The number of likely N-dealkylation sites (tertiary alicyclic amines) is 1. The van der Waals surface area contributed by atoms with Gasteiger partial charge in [-0.2, -0.15) is 9.78 Å². The lowest BCUT2D eigenvalue weighted by Gasteiger charge is -2.30. The standard InChI is InChI=1S/C28H32N4O5/c1-4-37-27(35)22-14-16-30(17-15-22)25(33)24-26(34)31(18-20-8-6-5-7-9-20)28(36)32(29-24)23-12-10-21(11-13-23)19(2)3/h5-13,19,22H,4,14-18H2,1-3H3. The quantitative estimate of drug-likeness (QED) is 0.459. The van der Waals surface area contributed by atoms with E-state index in [-0.39, 0.29) is 24.1 Å². The highest BCUT2D eigenvalue weighted by Gasteiger charge is 2.31. The van der Waals surface area contributed by atoms with Gasteiger partial charge in [-0.05, 0) is 48.9 Å². The van der Waals surface area contributed by atoms with E-state index in [1.807, 2.05) is 42.5 Å². The van der Waals surface area contributed by atoms with E-state index < -0.39 is 17.2 Å². The highest BCUT2D eigenvalue weighted by atomic mass is 16.5. The van der Waals surface area contributed by atoms with Crippen LogP contribution in [-0.2, 0) is 16.1 Å². The number of carbonyl (C=O) groups excluding carboxylic acids is 2. The van der Waals surface area contributed by atoms with Gasteiger partial charge in [0, 0.05) is 13.1 Å². The third-order valence-corrected chi connectivity index (χ3v) is 6.65. The number of ether oxygens (including phenoxy) is 1. The normalized spacial score (nSPS) is 14.1. The summed E-state index contributed by atoms with van der Waals surface area (Å²) < 4.78 is 7.28. The van der Waals surface area contributed by atoms with E-state index in [9.17, 15) is 19.2 Å². The van der Waals surface area contributed by atoms with Crippen molar-refractivity contribution in [1.29, 1.82) is 0 Å². The highest BCUT2D eigenvalue weighted by molar-refractivity contribution is 5.92. The Morgan fingerprint density at radius 2 is 1.65 bits per heavy atom. The maximum Gasteiger partial charge on any atom is 0.352 e. The zero-order chi connectivity index (χ0) is 26.5. The number of piperidine rings is 1. The summed E-state index contributed by atoms with van der Waals surface area (Å²) in [6.07, 6.45) is 0.887. The van der Waals surface area contributed by atoms with Crippen molar-refractivity contribution in [2.45, 2.75) is 46.1 Å². The maximum absolute atomic E-state index is 13.5. The zero-order valence-electron chi connectivity index (χ0n) is 21.4. The predicted molar refractivity (Wildman–Crippen MR) is 139 cm³/mol. The van der Waals surface area contributed by atoms with Crippen LogP contribution in [0.5, 0.6) is 0 Å². The Morgan fingerprint density at radius 3 is 2.24 bits per heavy atom. The highest BCUT2D eigenvalue weighted by Crippen LogP contribution is 2.20. The van der Waals surface area contributed by atoms with Gasteiger partial charge in [0.15, 0.2) is 0 Å². The lowest BCUT2D eigenvalue weighted by atomic mass is 9.97. The smallest absolute Gasteiger partial charge is 0.352 e. The molecule has 1 saturated heterocycles. The minimum Gasteiger partial charge on any atom is -0.466 e. The summed E-state index contributed by atoms with van der Waals surface area (Å²) in [6, 6.07) is 16.5. The van der Waals surface area contributed by atoms with Crippen LogP contribution in [0, 0.1) is 5.92 Å². The molecule has 1 fully saturated rings. The second-order valence-corrected chi connectivity index (χ2v) is 9.48. The molecule has 0 unspecified atom stereocenters. The number of nitrogens with zero attached hydrogens (tertiary/aromatic N) is 4. The van der Waals surface area contributed by atoms with Crippen LogP contribution < -0.4 is 11.2 Å². The van der Waals surface area contributed by atoms with E-state index >= 15 is 0 Å². The minimum absolute atomic E-state index is 0.0102. The lowest BCUT2D eigenvalue weighted by Crippen LogP contribution is -2.48. The topological polar surface area (TPSA) is 104 Å². The Morgan fingerprint density at radius 1 is 1.00 bits per heavy atom. The van der Waals surface area contributed by atoms with Crippen LogP contribution >= 0.6 is 0 Å². The largest absolute Gasteiger partial charge is 0.466 e. The van der Waals surface area contributed by atoms with Gasteiger partial charge >= 0.3 is 11.7 Å². The fourth-order valence-electron chi connectivity index (χ4n) is 4.45. The van der Waals surface area contributed by atoms with Crippen molar-refractivity contribution in [3.63, 3.8) is 0 Å². The van der Waals surface area contributed by atoms with Crippen molar-refractivity contribution in [3.8, 4) is 5.69 Å². The molecule has 4 rings (SSSR count). The van der Waals surface area contributed by atoms with Crippen LogP contribution in [0.2, 0.25) is 0 Å². The van der Waals surface area contributed by atoms with Gasteiger partial charge in [-0.15, -0.1) is 0 Å². The molecule has 9 nitrogen and oxygen atoms in total. The molecule has 1 aromatic heterocycles. The van der Waals surface area contributed by atoms with Crippen LogP contribution in [0.4, 0.5) is 0 Å². The second-order valence-electron chi connectivity index (χ2n) is 9.48. The summed E-state index contributed by atoms with van der Waals surface area (Å²) in [5.41, 5.74) is 0.632. The summed E-state index contributed by atoms with van der Waals surface area (Å²) in [5.74, 6) is -0.793. The maximum atomic E-state index is 13.5. The molecule has 37 heavy (non-hydrogen) atoms. The monoisotopic (exact) mass is 504 g/mol. The summed E-state index contributed by atoms with van der Waals surface area (Å²) in [7, 11) is 0. The molecule has 2 heterocycles. The number of benzene rings is 2. The molecule has 3 aromatic rings. The molecule has 1 aliphatic rings. The molecular weight excluding hydrogens is 472 g/mol. The lowest BCUT2D eigenvalue weighted by molar-refractivity contribution is -0.149. The van der Waals surface area contributed by atoms with Gasteiger partial charge in [0.2, 0.25) is 5.69 Å². The number of aromatic nitrogens is 3. The summed E-state index contributed by atoms with van der Waals surface area (Å²) in [6.45, 7) is 6.81. The van der Waals surface area contributed by atoms with Crippen molar-refractivity contribution >= 4 is 11.9 Å². The molecule has 194 valence electrons. The van der Waals surface area contributed by atoms with Crippen LogP contribution in [-0.4, -0.2) is 50.8 Å². The van der Waals surface area contributed by atoms with Crippen molar-refractivity contribution in [1.82, 2.24) is 19.2 Å². The molecule has 0 atom stereocenters. The van der Waals surface area contributed by atoms with Crippen LogP contribution in [0.25, 0.3) is 5.69 Å². The van der Waals surface area contributed by atoms with Gasteiger partial charge < -0.3 is 9.64 Å². The van der Waals surface area contributed by atoms with Gasteiger partial charge in [0.25, 0.3) is 11.5 Å². The van der Waals surface area contributed by atoms with Gasteiger partial charge in [0.1, 0.15) is 0 Å². The van der Waals surface area contributed by atoms with Crippen LogP contribution in [0.3, 0.4) is 0 Å². The van der Waals surface area contributed by atoms with E-state index in [2.05, 4.69) is 18.9 Å². The Kier molecular flexibility index (Phi) is 8.01. The fraction of sp³-hybridized carbons (Fsp3) is 0.393. The van der Waals surface area contributed by atoms with Crippen molar-refractivity contribution in [3.05, 3.63) is 92.3 Å². The van der Waals surface area contributed by atoms with E-state index in [1.54, 1.807) is 19.1 Å². The first-order chi connectivity index (χ1) is 17.8. The van der Waals surface area contributed by atoms with Crippen molar-refractivity contribution < 1.29 is 14.3 Å². The molecule has 2 aromatic carbocycles. The second kappa shape index (κ2) is 11.4. The molecule has 9 heteroatoms. The van der Waals surface area contributed by atoms with E-state index in [0.29, 0.717) is 44.1 Å². The van der Waals surface area contributed by atoms with Gasteiger partial charge in [0.05, 0.1) is 24.8 Å². The zero-order valence-corrected chi connectivity index (χ0v) is 21.4. The Labute approximate surface area is 215 Å². The first kappa shape index (κ1) is 26.1. The Hall–Kier alpha value is -4.01. The predicted octanol–water partition coefficient (Wildman–Crippen LogP) is 2.98. The number of hydrogen-bond donors (Lipinski definition) is 0. The average molecular weight is 505 g/mol. The third kappa shape index (κ3) is 5.71. The molecule has 0 aliphatic carbocycles. The fourth-order valence-corrected chi connectivity index (χ4v) is 4.45. The molecule has 0 bridgehead atoms. The number of hydrogen-bond acceptors (Lipinski definition) is 6. The molecule has 1 aliphatic heterocycles. The average Bonchev–Trinajstić information content (AvgIpc) is 2.92. The Balaban J connectivity index is 1.72. The molecule has 0 spiro atoms. The molecule has 0 saturated carbocycles. The van der Waals surface area contributed by atoms with Gasteiger partial charge in [-0.1, -0.05) is 56.3 Å². The van der Waals surface area contributed by atoms with E-state index in [0.717, 1.165) is 20.4 Å². The molecule has 1 amide bonds. The molecule has 0 radical (unpaired) electrons. The number of esters is 1. The number of carbonyl (C=O) groups is 2. The van der Waals surface area contributed by atoms with Gasteiger partial charge in [-0.3, -0.25) is 19.0 Å². The summed E-state index contributed by atoms with van der Waals surface area (Å²) >= 11 is 0. The SMILES string of the molecule is CCOC(=O)C1CCN(C(=O)c2nn(-c3ccc(C(C)C)cc3)c(=O)n(Cc3ccccc3)c2=O)CC1. The summed E-state index contributed by atoms with van der Waals surface area (Å²) in [5, 5.41) is 4.27. The third-order valence-electron chi connectivity index (χ3n) is 6.65. The number of rotatable bonds is 7. The number of amides is 1.